The van der Waals surface area contributed by atoms with E-state index >= 15 is 0 Å². The van der Waals surface area contributed by atoms with Crippen molar-refractivity contribution in [2.45, 2.75) is 20.0 Å². The second-order valence-corrected chi connectivity index (χ2v) is 2.42. The molecule has 0 saturated heterocycles. The van der Waals surface area contributed by atoms with Gasteiger partial charge < -0.3 is 4.74 Å². The van der Waals surface area contributed by atoms with E-state index in [-0.39, 0.29) is 12.1 Å². The molecule has 1 N–H and O–H groups in total. The van der Waals surface area contributed by atoms with Gasteiger partial charge in [0.2, 0.25) is 0 Å². The van der Waals surface area contributed by atoms with Crippen LogP contribution >= 0.6 is 0 Å². The van der Waals surface area contributed by atoms with Crippen molar-refractivity contribution in [3.63, 3.8) is 0 Å². The second kappa shape index (κ2) is 3.18. The molecule has 0 saturated carbocycles. The molecule has 4 nitrogen and oxygen atoms in total. The minimum absolute atomic E-state index is 0.0919. The third kappa shape index (κ3) is 2.07. The number of carbonyl (C=O) groups excluding carboxylic acids is 1. The third-order valence-electron chi connectivity index (χ3n) is 1.06. The number of aromatic nitrogens is 2. The van der Waals surface area contributed by atoms with Gasteiger partial charge in [-0.15, -0.1) is 0 Å². The van der Waals surface area contributed by atoms with Crippen LogP contribution in [0.2, 0.25) is 0 Å². The van der Waals surface area contributed by atoms with Gasteiger partial charge in [-0.1, -0.05) is 0 Å². The Hall–Kier alpha value is -1.32. The summed E-state index contributed by atoms with van der Waals surface area (Å²) in [7, 11) is 0. The molecule has 0 aliphatic heterocycles. The van der Waals surface area contributed by atoms with Gasteiger partial charge in [-0.25, -0.2) is 4.79 Å². The molecule has 4 heteroatoms. The molecule has 0 radical (unpaired) electrons. The van der Waals surface area contributed by atoms with E-state index in [1.54, 1.807) is 19.9 Å². The maximum absolute atomic E-state index is 11.0. The summed E-state index contributed by atoms with van der Waals surface area (Å²) in [5.41, 5.74) is 0.388. The number of rotatable bonds is 2. The summed E-state index contributed by atoms with van der Waals surface area (Å²) in [6.07, 6.45) is 1.42. The predicted molar refractivity (Wildman–Crippen MR) is 39.1 cm³/mol. The number of nitrogens with one attached hydrogen (secondary N) is 1. The van der Waals surface area contributed by atoms with Gasteiger partial charge in [-0.05, 0) is 19.9 Å². The zero-order valence-electron chi connectivity index (χ0n) is 6.50. The Bertz CT molecular complexity index is 229. The molecule has 0 aliphatic rings. The van der Waals surface area contributed by atoms with Crippen LogP contribution in [0.25, 0.3) is 0 Å². The Morgan fingerprint density at radius 3 is 2.91 bits per heavy atom. The first-order valence-electron chi connectivity index (χ1n) is 3.40. The largest absolute Gasteiger partial charge is 0.458 e. The lowest BCUT2D eigenvalue weighted by Crippen LogP contribution is -2.11. The highest BCUT2D eigenvalue weighted by molar-refractivity contribution is 5.87. The van der Waals surface area contributed by atoms with Crippen molar-refractivity contribution >= 4 is 5.97 Å². The van der Waals surface area contributed by atoms with Gasteiger partial charge in [0.25, 0.3) is 0 Å². The van der Waals surface area contributed by atoms with Gasteiger partial charge in [0.15, 0.2) is 0 Å². The summed E-state index contributed by atoms with van der Waals surface area (Å²) in [6.45, 7) is 3.60. The highest BCUT2D eigenvalue weighted by Gasteiger charge is 2.08. The second-order valence-electron chi connectivity index (χ2n) is 2.42. The van der Waals surface area contributed by atoms with Crippen LogP contribution in [0.3, 0.4) is 0 Å². The highest BCUT2D eigenvalue weighted by atomic mass is 16.5. The van der Waals surface area contributed by atoms with Crippen LogP contribution in [0, 0.1) is 0 Å². The van der Waals surface area contributed by atoms with E-state index < -0.39 is 0 Å². The van der Waals surface area contributed by atoms with Crippen molar-refractivity contribution in [1.29, 1.82) is 0 Å². The maximum atomic E-state index is 11.0. The van der Waals surface area contributed by atoms with Crippen molar-refractivity contribution < 1.29 is 9.53 Å². The van der Waals surface area contributed by atoms with Crippen LogP contribution in [0.15, 0.2) is 12.3 Å². The summed E-state index contributed by atoms with van der Waals surface area (Å²) in [6, 6.07) is 1.57. The molecule has 1 aromatic heterocycles. The number of carbonyl (C=O) groups is 1. The first kappa shape index (κ1) is 7.78. The molecule has 0 aliphatic carbocycles. The van der Waals surface area contributed by atoms with Crippen LogP contribution in [0.5, 0.6) is 0 Å². The number of ether oxygens (including phenoxy) is 1. The van der Waals surface area contributed by atoms with Gasteiger partial charge in [0.05, 0.1) is 6.10 Å². The topological polar surface area (TPSA) is 55.0 Å². The number of H-pyrrole nitrogens is 1. The van der Waals surface area contributed by atoms with E-state index in [1.807, 2.05) is 0 Å². The quantitative estimate of drug-likeness (QED) is 0.646. The average Bonchev–Trinajstić information content (AvgIpc) is 2.35. The normalized spacial score (nSPS) is 10.1. The van der Waals surface area contributed by atoms with E-state index in [0.717, 1.165) is 0 Å². The van der Waals surface area contributed by atoms with E-state index in [4.69, 9.17) is 4.74 Å². The SMILES string of the molecule is CC(C)OC(=O)c1ccn[nH]1. The molecule has 0 fully saturated rings. The van der Waals surface area contributed by atoms with Crippen LogP contribution in [0.1, 0.15) is 24.3 Å². The van der Waals surface area contributed by atoms with Gasteiger partial charge in [-0.3, -0.25) is 5.10 Å². The smallest absolute Gasteiger partial charge is 0.356 e. The molecule has 11 heavy (non-hydrogen) atoms. The first-order chi connectivity index (χ1) is 5.20. The molecule has 0 bridgehead atoms. The Balaban J connectivity index is 2.57. The molecule has 1 heterocycles. The summed E-state index contributed by atoms with van der Waals surface area (Å²) in [5, 5.41) is 6.14. The van der Waals surface area contributed by atoms with Crippen molar-refractivity contribution in [3.05, 3.63) is 18.0 Å². The third-order valence-corrected chi connectivity index (χ3v) is 1.06. The fraction of sp³-hybridized carbons (Fsp3) is 0.429. The molecular weight excluding hydrogens is 144 g/mol. The fourth-order valence-electron chi connectivity index (χ4n) is 0.647. The number of esters is 1. The minimum atomic E-state index is -0.363. The number of aromatic amines is 1. The molecule has 0 atom stereocenters. The zero-order valence-corrected chi connectivity index (χ0v) is 6.50. The van der Waals surface area contributed by atoms with Crippen molar-refractivity contribution in [2.75, 3.05) is 0 Å². The Morgan fingerprint density at radius 2 is 2.45 bits per heavy atom. The Labute approximate surface area is 64.6 Å². The molecule has 1 aromatic rings. The van der Waals surface area contributed by atoms with Crippen molar-refractivity contribution in [2.24, 2.45) is 0 Å². The van der Waals surface area contributed by atoms with Crippen LogP contribution in [-0.2, 0) is 4.74 Å². The zero-order chi connectivity index (χ0) is 8.27. The van der Waals surface area contributed by atoms with Crippen molar-refractivity contribution in [3.8, 4) is 0 Å². The summed E-state index contributed by atoms with van der Waals surface area (Å²) < 4.78 is 4.88. The average molecular weight is 154 g/mol. The van der Waals surface area contributed by atoms with Gasteiger partial charge in [0, 0.05) is 6.20 Å². The van der Waals surface area contributed by atoms with Gasteiger partial charge in [0.1, 0.15) is 5.69 Å². The molecule has 0 aromatic carbocycles. The maximum Gasteiger partial charge on any atom is 0.356 e. The van der Waals surface area contributed by atoms with Gasteiger partial charge >= 0.3 is 5.97 Å². The highest BCUT2D eigenvalue weighted by Crippen LogP contribution is 1.98. The van der Waals surface area contributed by atoms with E-state index in [1.165, 1.54) is 6.20 Å². The standard InChI is InChI=1S/C7H10N2O2/c1-5(2)11-7(10)6-3-4-8-9-6/h3-5H,1-2H3,(H,8,9). The molecule has 0 unspecified atom stereocenters. The number of hydrogen-bond donors (Lipinski definition) is 1. The lowest BCUT2D eigenvalue weighted by Gasteiger charge is -2.04. The monoisotopic (exact) mass is 154 g/mol. The molecule has 0 amide bonds. The minimum Gasteiger partial charge on any atom is -0.458 e. The summed E-state index contributed by atoms with van der Waals surface area (Å²) >= 11 is 0. The van der Waals surface area contributed by atoms with Crippen molar-refractivity contribution in [1.82, 2.24) is 10.2 Å². The lowest BCUT2D eigenvalue weighted by atomic mass is 10.4. The van der Waals surface area contributed by atoms with E-state index in [2.05, 4.69) is 10.2 Å². The van der Waals surface area contributed by atoms with Crippen LogP contribution in [0.4, 0.5) is 0 Å². The molecule has 1 rings (SSSR count). The molecule has 0 spiro atoms. The fourth-order valence-corrected chi connectivity index (χ4v) is 0.647. The predicted octanol–water partition coefficient (Wildman–Crippen LogP) is 0.975. The number of nitrogens with zero attached hydrogens (tertiary/aromatic N) is 1. The molecular formula is C7H10N2O2. The Morgan fingerprint density at radius 1 is 1.73 bits per heavy atom. The Kier molecular flexibility index (Phi) is 2.25. The van der Waals surface area contributed by atoms with E-state index in [9.17, 15) is 4.79 Å². The summed E-state index contributed by atoms with van der Waals surface area (Å²) in [4.78, 5) is 11.0. The van der Waals surface area contributed by atoms with Gasteiger partial charge in [-0.2, -0.15) is 5.10 Å². The van der Waals surface area contributed by atoms with Crippen LogP contribution < -0.4 is 0 Å². The number of hydrogen-bond acceptors (Lipinski definition) is 3. The van der Waals surface area contributed by atoms with E-state index in [0.29, 0.717) is 5.69 Å². The molecule has 60 valence electrons. The lowest BCUT2D eigenvalue weighted by molar-refractivity contribution is 0.0371. The first-order valence-corrected chi connectivity index (χ1v) is 3.40. The van der Waals surface area contributed by atoms with Crippen LogP contribution in [-0.4, -0.2) is 22.3 Å². The summed E-state index contributed by atoms with van der Waals surface area (Å²) in [5.74, 6) is -0.363.